The first kappa shape index (κ1) is 18.2. The lowest BCUT2D eigenvalue weighted by molar-refractivity contribution is 0.422. The van der Waals surface area contributed by atoms with Gasteiger partial charge in [-0.15, -0.1) is 0 Å². The summed E-state index contributed by atoms with van der Waals surface area (Å²) in [5.74, 6) is 0.858. The van der Waals surface area contributed by atoms with Gasteiger partial charge in [0.05, 0.1) is 0 Å². The van der Waals surface area contributed by atoms with Crippen molar-refractivity contribution < 1.29 is 0 Å². The maximum absolute atomic E-state index is 5.39. The first-order valence-corrected chi connectivity index (χ1v) is 6.57. The number of nitrogens with two attached hydrogens (primary N) is 3. The number of hydrogen-bond acceptors (Lipinski definition) is 4. The fourth-order valence-corrected chi connectivity index (χ4v) is 1.35. The van der Waals surface area contributed by atoms with E-state index < -0.39 is 0 Å². The van der Waals surface area contributed by atoms with Gasteiger partial charge in [0, 0.05) is 26.2 Å². The minimum absolute atomic E-state index is 0.597. The van der Waals surface area contributed by atoms with Crippen LogP contribution in [0.4, 0.5) is 0 Å². The SMILES string of the molecule is CCCCC(CC)CNCCN.NCCN. The number of rotatable bonds is 9. The molecule has 0 aromatic carbocycles. The molecule has 0 aromatic rings. The summed E-state index contributed by atoms with van der Waals surface area (Å²) in [6, 6.07) is 0. The molecule has 0 aromatic heterocycles. The third-order valence-corrected chi connectivity index (χ3v) is 2.46. The maximum Gasteiger partial charge on any atom is 0.00746 e. The van der Waals surface area contributed by atoms with E-state index in [1.54, 1.807) is 0 Å². The molecule has 0 radical (unpaired) electrons. The van der Waals surface area contributed by atoms with Crippen LogP contribution in [-0.4, -0.2) is 32.7 Å². The Morgan fingerprint density at radius 1 is 1.00 bits per heavy atom. The molecule has 4 nitrogen and oxygen atoms in total. The second kappa shape index (κ2) is 17.2. The Morgan fingerprint density at radius 2 is 1.62 bits per heavy atom. The zero-order chi connectivity index (χ0) is 12.6. The Labute approximate surface area is 101 Å². The topological polar surface area (TPSA) is 90.1 Å². The Kier molecular flexibility index (Phi) is 19.6. The van der Waals surface area contributed by atoms with Gasteiger partial charge in [-0.05, 0) is 18.9 Å². The Morgan fingerprint density at radius 3 is 2.00 bits per heavy atom. The normalized spacial score (nSPS) is 11.8. The zero-order valence-corrected chi connectivity index (χ0v) is 11.2. The van der Waals surface area contributed by atoms with Crippen molar-refractivity contribution in [1.82, 2.24) is 5.32 Å². The van der Waals surface area contributed by atoms with E-state index in [-0.39, 0.29) is 0 Å². The molecule has 0 aliphatic rings. The second-order valence-corrected chi connectivity index (χ2v) is 3.99. The second-order valence-electron chi connectivity index (χ2n) is 3.99. The highest BCUT2D eigenvalue weighted by Gasteiger charge is 2.03. The minimum atomic E-state index is 0.597. The van der Waals surface area contributed by atoms with Gasteiger partial charge in [-0.2, -0.15) is 0 Å². The first-order valence-electron chi connectivity index (χ1n) is 6.57. The summed E-state index contributed by atoms with van der Waals surface area (Å²) < 4.78 is 0. The molecule has 4 heteroatoms. The van der Waals surface area contributed by atoms with Gasteiger partial charge in [0.25, 0.3) is 0 Å². The third kappa shape index (κ3) is 16.3. The number of hydrogen-bond donors (Lipinski definition) is 4. The summed E-state index contributed by atoms with van der Waals surface area (Å²) in [4.78, 5) is 0. The molecule has 7 N–H and O–H groups in total. The molecule has 0 fully saturated rings. The van der Waals surface area contributed by atoms with Crippen LogP contribution < -0.4 is 22.5 Å². The van der Waals surface area contributed by atoms with Crippen LogP contribution in [0.5, 0.6) is 0 Å². The van der Waals surface area contributed by atoms with Crippen molar-refractivity contribution in [2.75, 3.05) is 32.7 Å². The zero-order valence-electron chi connectivity index (χ0n) is 11.2. The molecule has 16 heavy (non-hydrogen) atoms. The summed E-state index contributed by atoms with van der Waals surface area (Å²) in [6.07, 6.45) is 5.33. The van der Waals surface area contributed by atoms with Crippen LogP contribution in [0.2, 0.25) is 0 Å². The van der Waals surface area contributed by atoms with Crippen molar-refractivity contribution in [1.29, 1.82) is 0 Å². The molecule has 1 unspecified atom stereocenters. The van der Waals surface area contributed by atoms with E-state index in [2.05, 4.69) is 19.2 Å². The summed E-state index contributed by atoms with van der Waals surface area (Å²) in [7, 11) is 0. The summed E-state index contributed by atoms with van der Waals surface area (Å²) in [5, 5.41) is 3.37. The molecule has 0 spiro atoms. The lowest BCUT2D eigenvalue weighted by Gasteiger charge is -2.14. The maximum atomic E-state index is 5.39. The molecule has 0 rings (SSSR count). The van der Waals surface area contributed by atoms with Crippen LogP contribution in [0, 0.1) is 5.92 Å². The molecule has 0 bridgehead atoms. The smallest absolute Gasteiger partial charge is 0.00746 e. The molecule has 0 amide bonds. The minimum Gasteiger partial charge on any atom is -0.329 e. The highest BCUT2D eigenvalue weighted by Crippen LogP contribution is 2.10. The molecule has 1 atom stereocenters. The predicted molar refractivity (Wildman–Crippen MR) is 73.3 cm³/mol. The van der Waals surface area contributed by atoms with Gasteiger partial charge in [-0.3, -0.25) is 0 Å². The summed E-state index contributed by atoms with van der Waals surface area (Å²) in [6.45, 7) is 8.57. The molecule has 0 heterocycles. The van der Waals surface area contributed by atoms with Gasteiger partial charge in [-0.25, -0.2) is 0 Å². The van der Waals surface area contributed by atoms with Crippen LogP contribution in [0.25, 0.3) is 0 Å². The lowest BCUT2D eigenvalue weighted by Crippen LogP contribution is -2.27. The molecular weight excluding hydrogens is 200 g/mol. The molecule has 0 aliphatic heterocycles. The van der Waals surface area contributed by atoms with Gasteiger partial charge in [0.1, 0.15) is 0 Å². The Balaban J connectivity index is 0. The highest BCUT2D eigenvalue weighted by molar-refractivity contribution is 4.60. The van der Waals surface area contributed by atoms with E-state index in [0.29, 0.717) is 13.1 Å². The van der Waals surface area contributed by atoms with Gasteiger partial charge in [0.15, 0.2) is 0 Å². The van der Waals surface area contributed by atoms with Crippen LogP contribution in [0.1, 0.15) is 39.5 Å². The van der Waals surface area contributed by atoms with Crippen LogP contribution in [0.3, 0.4) is 0 Å². The van der Waals surface area contributed by atoms with E-state index in [4.69, 9.17) is 17.2 Å². The van der Waals surface area contributed by atoms with E-state index in [1.165, 1.54) is 25.7 Å². The molecule has 0 saturated heterocycles. The number of unbranched alkanes of at least 4 members (excludes halogenated alkanes) is 1. The van der Waals surface area contributed by atoms with Crippen molar-refractivity contribution in [2.45, 2.75) is 39.5 Å². The first-order chi connectivity index (χ1) is 7.76. The fourth-order valence-electron chi connectivity index (χ4n) is 1.35. The van der Waals surface area contributed by atoms with E-state index in [0.717, 1.165) is 25.6 Å². The Hall–Kier alpha value is -0.160. The van der Waals surface area contributed by atoms with Crippen molar-refractivity contribution in [2.24, 2.45) is 23.1 Å². The van der Waals surface area contributed by atoms with E-state index in [1.807, 2.05) is 0 Å². The molecule has 0 saturated carbocycles. The van der Waals surface area contributed by atoms with Crippen molar-refractivity contribution in [3.05, 3.63) is 0 Å². The van der Waals surface area contributed by atoms with Crippen LogP contribution in [-0.2, 0) is 0 Å². The summed E-state index contributed by atoms with van der Waals surface area (Å²) >= 11 is 0. The van der Waals surface area contributed by atoms with Crippen molar-refractivity contribution in [3.63, 3.8) is 0 Å². The standard InChI is InChI=1S/C10H24N2.C2H8N2/c1-3-5-6-10(4-2)9-12-8-7-11;3-1-2-4/h10,12H,3-9,11H2,1-2H3;1-4H2. The van der Waals surface area contributed by atoms with Crippen molar-refractivity contribution in [3.8, 4) is 0 Å². The average molecular weight is 232 g/mol. The van der Waals surface area contributed by atoms with Crippen LogP contribution in [0.15, 0.2) is 0 Å². The molecule has 0 aliphatic carbocycles. The van der Waals surface area contributed by atoms with Gasteiger partial charge in [0.2, 0.25) is 0 Å². The highest BCUT2D eigenvalue weighted by atomic mass is 14.9. The Bertz CT molecular complexity index is 107. The lowest BCUT2D eigenvalue weighted by atomic mass is 9.99. The molecular formula is C12H32N4. The monoisotopic (exact) mass is 232 g/mol. The third-order valence-electron chi connectivity index (χ3n) is 2.46. The summed E-state index contributed by atoms with van der Waals surface area (Å²) in [5.41, 5.74) is 15.2. The number of nitrogens with one attached hydrogen (secondary N) is 1. The van der Waals surface area contributed by atoms with Crippen LogP contribution >= 0.6 is 0 Å². The van der Waals surface area contributed by atoms with E-state index >= 15 is 0 Å². The van der Waals surface area contributed by atoms with Gasteiger partial charge >= 0.3 is 0 Å². The fraction of sp³-hybridized carbons (Fsp3) is 1.00. The largest absolute Gasteiger partial charge is 0.329 e. The van der Waals surface area contributed by atoms with Gasteiger partial charge in [-0.1, -0.05) is 33.1 Å². The average Bonchev–Trinajstić information content (AvgIpc) is 2.34. The van der Waals surface area contributed by atoms with Crippen molar-refractivity contribution >= 4 is 0 Å². The predicted octanol–water partition coefficient (Wildman–Crippen LogP) is 0.655. The van der Waals surface area contributed by atoms with Gasteiger partial charge < -0.3 is 22.5 Å². The molecule has 100 valence electrons. The van der Waals surface area contributed by atoms with E-state index in [9.17, 15) is 0 Å². The quantitative estimate of drug-likeness (QED) is 0.440.